The lowest BCUT2D eigenvalue weighted by Crippen LogP contribution is -2.48. The number of carbonyl (C=O) groups excluding carboxylic acids is 2. The molecular formula is C31H29BrN4O4. The molecule has 2 aliphatic rings. The number of hydrogen-bond acceptors (Lipinski definition) is 4. The number of carbonyl (C=O) groups is 2. The number of aromatic nitrogens is 1. The highest BCUT2D eigenvalue weighted by Crippen LogP contribution is 2.45. The summed E-state index contributed by atoms with van der Waals surface area (Å²) in [6.07, 6.45) is 3.73. The summed E-state index contributed by atoms with van der Waals surface area (Å²) in [4.78, 5) is 31.3. The molecule has 9 heteroatoms. The molecule has 8 nitrogen and oxygen atoms in total. The molecule has 1 aromatic heterocycles. The highest BCUT2D eigenvalue weighted by molar-refractivity contribution is 9.10. The molecule has 1 aliphatic heterocycles. The normalized spacial score (nSPS) is 15.6. The molecule has 3 aromatic carbocycles. The Balaban J connectivity index is 1.40. The molecule has 204 valence electrons. The number of urea groups is 1. The minimum absolute atomic E-state index is 0.0183. The van der Waals surface area contributed by atoms with Gasteiger partial charge in [0, 0.05) is 28.0 Å². The summed E-state index contributed by atoms with van der Waals surface area (Å²) >= 11 is 3.45. The Morgan fingerprint density at radius 1 is 0.950 bits per heavy atom. The van der Waals surface area contributed by atoms with Gasteiger partial charge in [-0.1, -0.05) is 34.1 Å². The first-order valence-corrected chi connectivity index (χ1v) is 13.9. The van der Waals surface area contributed by atoms with E-state index < -0.39 is 6.04 Å². The molecule has 1 atom stereocenters. The van der Waals surface area contributed by atoms with Crippen molar-refractivity contribution >= 4 is 39.2 Å². The SMILES string of the molecule is COc1ccc(OC)c(C2c3cccn3-c3ccccc3N2C(=O)CN(C(=O)Nc2cccc(Br)c2)C2CC2)c1. The molecule has 0 radical (unpaired) electrons. The second-order valence-electron chi connectivity index (χ2n) is 9.87. The fourth-order valence-corrected chi connectivity index (χ4v) is 5.74. The van der Waals surface area contributed by atoms with E-state index >= 15 is 0 Å². The minimum atomic E-state index is -0.503. The van der Waals surface area contributed by atoms with E-state index in [0.717, 1.165) is 39.9 Å². The molecule has 0 saturated heterocycles. The zero-order valence-corrected chi connectivity index (χ0v) is 23.8. The molecule has 4 aromatic rings. The van der Waals surface area contributed by atoms with E-state index in [4.69, 9.17) is 9.47 Å². The summed E-state index contributed by atoms with van der Waals surface area (Å²) in [5.74, 6) is 1.11. The molecular weight excluding hydrogens is 572 g/mol. The van der Waals surface area contributed by atoms with Crippen LogP contribution in [0.4, 0.5) is 16.2 Å². The highest BCUT2D eigenvalue weighted by Gasteiger charge is 2.41. The van der Waals surface area contributed by atoms with Gasteiger partial charge in [-0.2, -0.15) is 0 Å². The topological polar surface area (TPSA) is 76.0 Å². The molecule has 1 saturated carbocycles. The fourth-order valence-electron chi connectivity index (χ4n) is 5.35. The third kappa shape index (κ3) is 4.81. The van der Waals surface area contributed by atoms with E-state index in [0.29, 0.717) is 17.2 Å². The number of ether oxygens (including phenoxy) is 2. The number of para-hydroxylation sites is 2. The van der Waals surface area contributed by atoms with Gasteiger partial charge >= 0.3 is 6.03 Å². The number of halogens is 1. The number of nitrogens with zero attached hydrogens (tertiary/aromatic N) is 3. The van der Waals surface area contributed by atoms with Crippen LogP contribution >= 0.6 is 15.9 Å². The van der Waals surface area contributed by atoms with Crippen LogP contribution in [-0.4, -0.2) is 48.2 Å². The lowest BCUT2D eigenvalue weighted by molar-refractivity contribution is -0.119. The first kappa shape index (κ1) is 26.0. The molecule has 0 spiro atoms. The first-order chi connectivity index (χ1) is 19.5. The van der Waals surface area contributed by atoms with Crippen molar-refractivity contribution in [1.82, 2.24) is 9.47 Å². The maximum Gasteiger partial charge on any atom is 0.322 e. The monoisotopic (exact) mass is 600 g/mol. The standard InChI is InChI=1S/C31H29BrN4O4/c1-39-23-14-15-28(40-2)24(18-23)30-27-11-6-16-34(27)25-9-3-4-10-26(25)36(30)29(37)19-35(22-12-13-22)31(38)33-21-8-5-7-20(32)17-21/h3-11,14-18,22,30H,12-13,19H2,1-2H3,(H,33,38). The second-order valence-corrected chi connectivity index (χ2v) is 10.8. The lowest BCUT2D eigenvalue weighted by atomic mass is 9.96. The molecule has 1 unspecified atom stereocenters. The maximum atomic E-state index is 14.4. The van der Waals surface area contributed by atoms with E-state index in [1.807, 2.05) is 85.1 Å². The quantitative estimate of drug-likeness (QED) is 0.267. The summed E-state index contributed by atoms with van der Waals surface area (Å²) in [5.41, 5.74) is 4.02. The smallest absolute Gasteiger partial charge is 0.322 e. The van der Waals surface area contributed by atoms with E-state index in [9.17, 15) is 9.59 Å². The van der Waals surface area contributed by atoms with Gasteiger partial charge < -0.3 is 24.3 Å². The number of anilines is 2. The van der Waals surface area contributed by atoms with Crippen LogP contribution in [0.15, 0.2) is 89.5 Å². The van der Waals surface area contributed by atoms with Crippen molar-refractivity contribution in [1.29, 1.82) is 0 Å². The van der Waals surface area contributed by atoms with Gasteiger partial charge in [-0.05, 0) is 73.5 Å². The predicted octanol–water partition coefficient (Wildman–Crippen LogP) is 6.39. The zero-order chi connectivity index (χ0) is 27.8. The van der Waals surface area contributed by atoms with Crippen molar-refractivity contribution in [3.05, 3.63) is 101 Å². The summed E-state index contributed by atoms with van der Waals surface area (Å²) in [7, 11) is 3.24. The van der Waals surface area contributed by atoms with Crippen LogP contribution in [-0.2, 0) is 4.79 Å². The summed E-state index contributed by atoms with van der Waals surface area (Å²) in [6.45, 7) is -0.0671. The number of methoxy groups -OCH3 is 2. The van der Waals surface area contributed by atoms with Crippen molar-refractivity contribution in [2.75, 3.05) is 31.0 Å². The Labute approximate surface area is 241 Å². The highest BCUT2D eigenvalue weighted by atomic mass is 79.9. The van der Waals surface area contributed by atoms with E-state index in [2.05, 4.69) is 25.8 Å². The van der Waals surface area contributed by atoms with E-state index in [1.54, 1.807) is 24.0 Å². The molecule has 3 amide bonds. The van der Waals surface area contributed by atoms with Crippen molar-refractivity contribution in [2.24, 2.45) is 0 Å². The van der Waals surface area contributed by atoms with Crippen LogP contribution in [0.25, 0.3) is 5.69 Å². The van der Waals surface area contributed by atoms with Gasteiger partial charge in [0.15, 0.2) is 0 Å². The molecule has 40 heavy (non-hydrogen) atoms. The molecule has 6 rings (SSSR count). The van der Waals surface area contributed by atoms with Gasteiger partial charge in [-0.3, -0.25) is 9.69 Å². The molecule has 2 heterocycles. The van der Waals surface area contributed by atoms with Crippen molar-refractivity contribution in [3.63, 3.8) is 0 Å². The Kier molecular flexibility index (Phi) is 6.98. The van der Waals surface area contributed by atoms with Crippen LogP contribution in [0.3, 0.4) is 0 Å². The average molecular weight is 602 g/mol. The number of benzene rings is 3. The van der Waals surface area contributed by atoms with Gasteiger partial charge in [-0.15, -0.1) is 0 Å². The number of hydrogen-bond donors (Lipinski definition) is 1. The first-order valence-electron chi connectivity index (χ1n) is 13.1. The summed E-state index contributed by atoms with van der Waals surface area (Å²) in [6, 6.07) is 24.1. The van der Waals surface area contributed by atoms with Gasteiger partial charge in [-0.25, -0.2) is 4.79 Å². The van der Waals surface area contributed by atoms with Crippen LogP contribution in [0.1, 0.15) is 30.1 Å². The predicted molar refractivity (Wildman–Crippen MR) is 158 cm³/mol. The summed E-state index contributed by atoms with van der Waals surface area (Å²) in [5, 5.41) is 2.96. The van der Waals surface area contributed by atoms with Gasteiger partial charge in [0.05, 0.1) is 31.3 Å². The molecule has 0 bridgehead atoms. The molecule has 1 fully saturated rings. The van der Waals surface area contributed by atoms with E-state index in [1.165, 1.54) is 0 Å². The third-order valence-electron chi connectivity index (χ3n) is 7.35. The largest absolute Gasteiger partial charge is 0.497 e. The molecule has 1 N–H and O–H groups in total. The number of amides is 3. The van der Waals surface area contributed by atoms with Crippen LogP contribution < -0.4 is 19.7 Å². The number of rotatable bonds is 7. The lowest BCUT2D eigenvalue weighted by Gasteiger charge is -2.40. The second kappa shape index (κ2) is 10.7. The fraction of sp³-hybridized carbons (Fsp3) is 0.226. The minimum Gasteiger partial charge on any atom is -0.497 e. The third-order valence-corrected chi connectivity index (χ3v) is 7.84. The van der Waals surface area contributed by atoms with E-state index in [-0.39, 0.29) is 24.5 Å². The Hall–Kier alpha value is -4.24. The molecule has 1 aliphatic carbocycles. The van der Waals surface area contributed by atoms with Crippen molar-refractivity contribution in [2.45, 2.75) is 24.9 Å². The van der Waals surface area contributed by atoms with Gasteiger partial charge in [0.2, 0.25) is 5.91 Å². The maximum absolute atomic E-state index is 14.4. The zero-order valence-electron chi connectivity index (χ0n) is 22.2. The van der Waals surface area contributed by atoms with Crippen molar-refractivity contribution < 1.29 is 19.1 Å². The number of fused-ring (bicyclic) bond motifs is 3. The van der Waals surface area contributed by atoms with Crippen LogP contribution in [0.5, 0.6) is 11.5 Å². The average Bonchev–Trinajstić information content (AvgIpc) is 3.69. The van der Waals surface area contributed by atoms with Crippen LogP contribution in [0, 0.1) is 0 Å². The Bertz CT molecular complexity index is 1580. The van der Waals surface area contributed by atoms with Crippen LogP contribution in [0.2, 0.25) is 0 Å². The number of nitrogens with one attached hydrogen (secondary N) is 1. The van der Waals surface area contributed by atoms with Crippen molar-refractivity contribution in [3.8, 4) is 17.2 Å². The van der Waals surface area contributed by atoms with Gasteiger partial charge in [0.1, 0.15) is 24.1 Å². The Morgan fingerprint density at radius 2 is 1.75 bits per heavy atom. The Morgan fingerprint density at radius 3 is 2.48 bits per heavy atom. The van der Waals surface area contributed by atoms with Gasteiger partial charge in [0.25, 0.3) is 0 Å². The summed E-state index contributed by atoms with van der Waals surface area (Å²) < 4.78 is 14.3.